The molecule has 1 aliphatic rings. The number of fused-ring (bicyclic) bond motifs is 1. The number of anilines is 2. The molecule has 0 bridgehead atoms. The smallest absolute Gasteiger partial charge is 0.260 e. The van der Waals surface area contributed by atoms with Gasteiger partial charge in [-0.1, -0.05) is 18.2 Å². The number of ether oxygens (including phenoxy) is 1. The number of hydrogen-bond acceptors (Lipinski definition) is 8. The highest BCUT2D eigenvalue weighted by atomic mass is 32.1. The molecular weight excluding hydrogens is 364 g/mol. The molecule has 4 rings (SSSR count). The second-order valence-corrected chi connectivity index (χ2v) is 7.23. The molecule has 2 N–H and O–H groups in total. The summed E-state index contributed by atoms with van der Waals surface area (Å²) in [5.41, 5.74) is 8.36. The van der Waals surface area contributed by atoms with Crippen molar-refractivity contribution in [1.82, 2.24) is 19.9 Å². The summed E-state index contributed by atoms with van der Waals surface area (Å²) < 4.78 is 5.58. The number of rotatable bonds is 4. The van der Waals surface area contributed by atoms with Crippen molar-refractivity contribution in [3.63, 3.8) is 0 Å². The third-order valence-corrected chi connectivity index (χ3v) is 5.27. The number of carbonyl (C=O) groups is 1. The van der Waals surface area contributed by atoms with Crippen LogP contribution in [0.2, 0.25) is 0 Å². The van der Waals surface area contributed by atoms with Crippen molar-refractivity contribution in [2.24, 2.45) is 0 Å². The van der Waals surface area contributed by atoms with Crippen LogP contribution in [0, 0.1) is 0 Å². The Morgan fingerprint density at radius 3 is 2.89 bits per heavy atom. The monoisotopic (exact) mass is 384 g/mol. The van der Waals surface area contributed by atoms with Gasteiger partial charge in [-0.25, -0.2) is 9.97 Å². The molecular formula is C18H20N6O2S. The molecule has 1 unspecified atom stereocenters. The molecule has 140 valence electrons. The van der Waals surface area contributed by atoms with Crippen LogP contribution in [0.25, 0.3) is 10.3 Å². The molecule has 0 aliphatic carbocycles. The number of carbonyl (C=O) groups excluding carboxylic acids is 1. The molecule has 0 radical (unpaired) electrons. The number of nitrogen functional groups attached to an aromatic ring is 1. The number of para-hydroxylation sites is 1. The summed E-state index contributed by atoms with van der Waals surface area (Å²) >= 11 is 1.44. The van der Waals surface area contributed by atoms with E-state index in [0.717, 1.165) is 16.2 Å². The first-order chi connectivity index (χ1) is 13.1. The Labute approximate surface area is 160 Å². The molecule has 1 aliphatic heterocycles. The number of thiazole rings is 1. The van der Waals surface area contributed by atoms with Gasteiger partial charge in [-0.3, -0.25) is 4.79 Å². The summed E-state index contributed by atoms with van der Waals surface area (Å²) in [5.74, 6) is 1.65. The van der Waals surface area contributed by atoms with Crippen LogP contribution < -0.4 is 15.4 Å². The molecule has 9 heteroatoms. The predicted molar refractivity (Wildman–Crippen MR) is 105 cm³/mol. The normalized spacial score (nSPS) is 17.3. The van der Waals surface area contributed by atoms with Crippen LogP contribution in [0.5, 0.6) is 5.75 Å². The summed E-state index contributed by atoms with van der Waals surface area (Å²) in [4.78, 5) is 30.3. The molecule has 3 heterocycles. The Hall–Kier alpha value is -2.94. The lowest BCUT2D eigenvalue weighted by Crippen LogP contribution is -2.55. The molecule has 0 saturated carbocycles. The van der Waals surface area contributed by atoms with E-state index in [-0.39, 0.29) is 24.5 Å². The van der Waals surface area contributed by atoms with Gasteiger partial charge >= 0.3 is 0 Å². The number of benzene rings is 1. The van der Waals surface area contributed by atoms with Crippen molar-refractivity contribution in [3.05, 3.63) is 35.8 Å². The van der Waals surface area contributed by atoms with E-state index < -0.39 is 0 Å². The zero-order valence-electron chi connectivity index (χ0n) is 14.9. The van der Waals surface area contributed by atoms with Gasteiger partial charge in [0, 0.05) is 25.7 Å². The fourth-order valence-electron chi connectivity index (χ4n) is 3.22. The first kappa shape index (κ1) is 17.5. The first-order valence-electron chi connectivity index (χ1n) is 8.71. The molecule has 1 amide bonds. The fourth-order valence-corrected chi connectivity index (χ4v) is 3.88. The summed E-state index contributed by atoms with van der Waals surface area (Å²) in [6, 6.07) is 9.44. The van der Waals surface area contributed by atoms with E-state index in [0.29, 0.717) is 25.4 Å². The first-order valence-corrected chi connectivity index (χ1v) is 9.59. The van der Waals surface area contributed by atoms with Crippen LogP contribution in [0.4, 0.5) is 11.8 Å². The summed E-state index contributed by atoms with van der Waals surface area (Å²) in [7, 11) is 0. The quantitative estimate of drug-likeness (QED) is 0.732. The molecule has 8 nitrogen and oxygen atoms in total. The van der Waals surface area contributed by atoms with Gasteiger partial charge in [0.2, 0.25) is 5.95 Å². The lowest BCUT2D eigenvalue weighted by Gasteiger charge is -2.40. The topological polar surface area (TPSA) is 97.5 Å². The Morgan fingerprint density at radius 2 is 2.11 bits per heavy atom. The van der Waals surface area contributed by atoms with Crippen molar-refractivity contribution >= 4 is 39.4 Å². The van der Waals surface area contributed by atoms with E-state index in [9.17, 15) is 4.79 Å². The van der Waals surface area contributed by atoms with Crippen LogP contribution >= 0.6 is 11.3 Å². The minimum atomic E-state index is -0.0219. The van der Waals surface area contributed by atoms with Gasteiger partial charge in [-0.2, -0.15) is 4.98 Å². The van der Waals surface area contributed by atoms with Crippen molar-refractivity contribution in [2.75, 3.05) is 36.9 Å². The van der Waals surface area contributed by atoms with E-state index in [1.54, 1.807) is 5.51 Å². The van der Waals surface area contributed by atoms with Crippen LogP contribution in [0.1, 0.15) is 6.92 Å². The number of aromatic nitrogens is 3. The zero-order valence-corrected chi connectivity index (χ0v) is 15.7. The average molecular weight is 384 g/mol. The van der Waals surface area contributed by atoms with Gasteiger partial charge in [-0.05, 0) is 19.1 Å². The highest BCUT2D eigenvalue weighted by Gasteiger charge is 2.29. The van der Waals surface area contributed by atoms with E-state index in [4.69, 9.17) is 10.5 Å². The Morgan fingerprint density at radius 1 is 1.30 bits per heavy atom. The van der Waals surface area contributed by atoms with Crippen molar-refractivity contribution in [2.45, 2.75) is 13.0 Å². The van der Waals surface area contributed by atoms with E-state index in [2.05, 4.69) is 26.8 Å². The summed E-state index contributed by atoms with van der Waals surface area (Å²) in [6.45, 7) is 3.94. The maximum absolute atomic E-state index is 12.5. The van der Waals surface area contributed by atoms with Crippen LogP contribution in [0.3, 0.4) is 0 Å². The van der Waals surface area contributed by atoms with Crippen molar-refractivity contribution in [1.29, 1.82) is 0 Å². The minimum absolute atomic E-state index is 0.0219. The number of piperazine rings is 1. The van der Waals surface area contributed by atoms with Crippen molar-refractivity contribution in [3.8, 4) is 5.75 Å². The van der Waals surface area contributed by atoms with E-state index in [1.165, 1.54) is 11.3 Å². The number of amides is 1. The molecule has 0 spiro atoms. The van der Waals surface area contributed by atoms with Gasteiger partial charge in [-0.15, -0.1) is 11.3 Å². The van der Waals surface area contributed by atoms with Gasteiger partial charge < -0.3 is 20.3 Å². The summed E-state index contributed by atoms with van der Waals surface area (Å²) in [5, 5.41) is 0. The van der Waals surface area contributed by atoms with Crippen LogP contribution in [0.15, 0.2) is 35.8 Å². The Balaban J connectivity index is 1.43. The Kier molecular flexibility index (Phi) is 4.76. The molecule has 1 aromatic carbocycles. The molecule has 27 heavy (non-hydrogen) atoms. The SMILES string of the molecule is CC1CN(C(=O)COc2ccccc2)CCN1c1nc(N)nc2scnc12. The van der Waals surface area contributed by atoms with Crippen LogP contribution in [-0.2, 0) is 4.79 Å². The van der Waals surface area contributed by atoms with Gasteiger partial charge in [0.05, 0.1) is 5.51 Å². The standard InChI is InChI=1S/C18H20N6O2S/c1-12-9-23(14(25)10-26-13-5-3-2-4-6-13)7-8-24(12)16-15-17(27-11-20-15)22-18(19)21-16/h2-6,11-12H,7-10H2,1H3,(H2,19,21,22). The average Bonchev–Trinajstić information content (AvgIpc) is 3.14. The Bertz CT molecular complexity index is 947. The molecule has 1 atom stereocenters. The van der Waals surface area contributed by atoms with Gasteiger partial charge in [0.25, 0.3) is 5.91 Å². The lowest BCUT2D eigenvalue weighted by molar-refractivity contribution is -0.134. The molecule has 2 aromatic heterocycles. The maximum Gasteiger partial charge on any atom is 0.260 e. The highest BCUT2D eigenvalue weighted by Crippen LogP contribution is 2.28. The zero-order chi connectivity index (χ0) is 18.8. The van der Waals surface area contributed by atoms with E-state index >= 15 is 0 Å². The second-order valence-electron chi connectivity index (χ2n) is 6.40. The van der Waals surface area contributed by atoms with Crippen LogP contribution in [-0.4, -0.2) is 58.0 Å². The van der Waals surface area contributed by atoms with Crippen molar-refractivity contribution < 1.29 is 9.53 Å². The second kappa shape index (κ2) is 7.36. The number of nitrogens with two attached hydrogens (primary N) is 1. The van der Waals surface area contributed by atoms with Gasteiger partial charge in [0.15, 0.2) is 17.3 Å². The van der Waals surface area contributed by atoms with Gasteiger partial charge in [0.1, 0.15) is 11.3 Å². The highest BCUT2D eigenvalue weighted by molar-refractivity contribution is 7.16. The third-order valence-electron chi connectivity index (χ3n) is 4.55. The summed E-state index contributed by atoms with van der Waals surface area (Å²) in [6.07, 6.45) is 0. The largest absolute Gasteiger partial charge is 0.484 e. The lowest BCUT2D eigenvalue weighted by atomic mass is 10.2. The molecule has 1 saturated heterocycles. The molecule has 3 aromatic rings. The maximum atomic E-state index is 12.5. The number of hydrogen-bond donors (Lipinski definition) is 1. The third kappa shape index (κ3) is 3.63. The van der Waals surface area contributed by atoms with E-state index in [1.807, 2.05) is 35.2 Å². The predicted octanol–water partition coefficient (Wildman–Crippen LogP) is 1.78. The number of nitrogens with zero attached hydrogens (tertiary/aromatic N) is 5. The molecule has 1 fully saturated rings. The minimum Gasteiger partial charge on any atom is -0.484 e. The fraction of sp³-hybridized carbons (Fsp3) is 0.333.